The van der Waals surface area contributed by atoms with Crippen molar-refractivity contribution < 1.29 is 0 Å². The Hall–Kier alpha value is -0.320. The van der Waals surface area contributed by atoms with Crippen LogP contribution in [-0.4, -0.2) is 28.3 Å². The van der Waals surface area contributed by atoms with Crippen molar-refractivity contribution >= 4 is 24.2 Å². The summed E-state index contributed by atoms with van der Waals surface area (Å²) in [5.74, 6) is 1.09. The summed E-state index contributed by atoms with van der Waals surface area (Å²) >= 11 is 1.73. The molecular weight excluding hydrogens is 218 g/mol. The molecule has 0 aromatic carbocycles. The molecule has 0 bridgehead atoms. The molecule has 78 valence electrons. The zero-order valence-corrected chi connectivity index (χ0v) is 9.48. The summed E-state index contributed by atoms with van der Waals surface area (Å²) in [6.07, 6.45) is 6.18. The van der Waals surface area contributed by atoms with Gasteiger partial charge < -0.3 is 5.32 Å². The average Bonchev–Trinajstić information content (AvgIpc) is 2.69. The third-order valence-electron chi connectivity index (χ3n) is 2.12. The largest absolute Gasteiger partial charge is 0.313 e. The minimum atomic E-state index is 0. The molecule has 1 saturated heterocycles. The van der Waals surface area contributed by atoms with Crippen LogP contribution in [0.3, 0.4) is 0 Å². The van der Waals surface area contributed by atoms with E-state index >= 15 is 0 Å². The van der Waals surface area contributed by atoms with Gasteiger partial charge in [0.1, 0.15) is 0 Å². The van der Waals surface area contributed by atoms with Gasteiger partial charge in [-0.25, -0.2) is 9.97 Å². The van der Waals surface area contributed by atoms with E-state index in [4.69, 9.17) is 0 Å². The van der Waals surface area contributed by atoms with Crippen molar-refractivity contribution in [2.75, 3.05) is 12.3 Å². The molecule has 1 N–H and O–H groups in total. The highest BCUT2D eigenvalue weighted by Gasteiger charge is 2.14. The minimum absolute atomic E-state index is 0. The highest BCUT2D eigenvalue weighted by Crippen LogP contribution is 2.16. The molecule has 1 fully saturated rings. The Bertz CT molecular complexity index is 251. The Balaban J connectivity index is 0.000000980. The number of halogens is 1. The molecule has 1 aromatic heterocycles. The molecule has 3 nitrogen and oxygen atoms in total. The van der Waals surface area contributed by atoms with Crippen LogP contribution in [0.2, 0.25) is 0 Å². The maximum absolute atomic E-state index is 4.16. The van der Waals surface area contributed by atoms with Gasteiger partial charge in [0.15, 0.2) is 5.16 Å². The third kappa shape index (κ3) is 3.44. The fraction of sp³-hybridized carbons (Fsp3) is 0.556. The number of nitrogens with zero attached hydrogens (tertiary/aromatic N) is 2. The molecule has 5 heteroatoms. The number of hydrogen-bond donors (Lipinski definition) is 1. The van der Waals surface area contributed by atoms with Gasteiger partial charge in [0.2, 0.25) is 0 Å². The number of thioether (sulfide) groups is 1. The molecule has 0 amide bonds. The van der Waals surface area contributed by atoms with Crippen molar-refractivity contribution in [1.82, 2.24) is 15.3 Å². The molecule has 1 atom stereocenters. The van der Waals surface area contributed by atoms with Crippen molar-refractivity contribution in [1.29, 1.82) is 0 Å². The quantitative estimate of drug-likeness (QED) is 0.635. The van der Waals surface area contributed by atoms with Crippen LogP contribution in [0.1, 0.15) is 12.8 Å². The zero-order valence-electron chi connectivity index (χ0n) is 7.85. The molecule has 14 heavy (non-hydrogen) atoms. The lowest BCUT2D eigenvalue weighted by atomic mass is 10.3. The smallest absolute Gasteiger partial charge is 0.187 e. The van der Waals surface area contributed by atoms with Gasteiger partial charge in [-0.05, 0) is 25.5 Å². The van der Waals surface area contributed by atoms with Gasteiger partial charge in [-0.2, -0.15) is 0 Å². The SMILES string of the molecule is Cl.c1cnc(SCC2CCCN2)nc1. The number of hydrogen-bond acceptors (Lipinski definition) is 4. The average molecular weight is 232 g/mol. The van der Waals surface area contributed by atoms with Crippen molar-refractivity contribution in [2.24, 2.45) is 0 Å². The zero-order chi connectivity index (χ0) is 8.93. The van der Waals surface area contributed by atoms with Gasteiger partial charge in [0.05, 0.1) is 0 Å². The highest BCUT2D eigenvalue weighted by atomic mass is 35.5. The van der Waals surface area contributed by atoms with Gasteiger partial charge in [0.25, 0.3) is 0 Å². The van der Waals surface area contributed by atoms with Crippen LogP contribution in [0.25, 0.3) is 0 Å². The molecule has 0 saturated carbocycles. The summed E-state index contributed by atoms with van der Waals surface area (Å²) in [4.78, 5) is 8.33. The second-order valence-corrected chi connectivity index (χ2v) is 4.12. The summed E-state index contributed by atoms with van der Waals surface area (Å²) < 4.78 is 0. The molecule has 1 aromatic rings. The molecular formula is C9H14ClN3S. The second-order valence-electron chi connectivity index (χ2n) is 3.14. The fourth-order valence-electron chi connectivity index (χ4n) is 1.43. The maximum Gasteiger partial charge on any atom is 0.187 e. The summed E-state index contributed by atoms with van der Waals surface area (Å²) in [6.45, 7) is 1.17. The van der Waals surface area contributed by atoms with E-state index in [1.54, 1.807) is 24.2 Å². The van der Waals surface area contributed by atoms with Crippen LogP contribution in [0, 0.1) is 0 Å². The Morgan fingerprint density at radius 3 is 2.86 bits per heavy atom. The van der Waals surface area contributed by atoms with E-state index in [0.29, 0.717) is 6.04 Å². The predicted octanol–water partition coefficient (Wildman–Crippen LogP) is 1.74. The Labute approximate surface area is 94.5 Å². The molecule has 1 aliphatic rings. The van der Waals surface area contributed by atoms with Gasteiger partial charge in [-0.15, -0.1) is 12.4 Å². The lowest BCUT2D eigenvalue weighted by Crippen LogP contribution is -2.23. The fourth-order valence-corrected chi connectivity index (χ4v) is 2.34. The molecule has 0 aliphatic carbocycles. The first-order valence-corrected chi connectivity index (χ1v) is 5.57. The normalized spacial score (nSPS) is 20.4. The number of rotatable bonds is 3. The summed E-state index contributed by atoms with van der Waals surface area (Å²) in [5, 5.41) is 4.34. The van der Waals surface area contributed by atoms with Crippen molar-refractivity contribution in [3.63, 3.8) is 0 Å². The Morgan fingerprint density at radius 1 is 1.43 bits per heavy atom. The monoisotopic (exact) mass is 231 g/mol. The van der Waals surface area contributed by atoms with Crippen molar-refractivity contribution in [3.8, 4) is 0 Å². The minimum Gasteiger partial charge on any atom is -0.313 e. The molecule has 1 aliphatic heterocycles. The number of nitrogens with one attached hydrogen (secondary N) is 1. The van der Waals surface area contributed by atoms with Crippen LogP contribution in [-0.2, 0) is 0 Å². The molecule has 0 radical (unpaired) electrons. The Morgan fingerprint density at radius 2 is 2.21 bits per heavy atom. The van der Waals surface area contributed by atoms with E-state index in [1.165, 1.54) is 19.4 Å². The summed E-state index contributed by atoms with van der Waals surface area (Å²) in [7, 11) is 0. The van der Waals surface area contributed by atoms with Gasteiger partial charge in [-0.1, -0.05) is 11.8 Å². The first-order chi connectivity index (χ1) is 6.45. The summed E-state index contributed by atoms with van der Waals surface area (Å²) in [5.41, 5.74) is 0. The molecule has 2 heterocycles. The van der Waals surface area contributed by atoms with E-state index in [0.717, 1.165) is 10.9 Å². The second kappa shape index (κ2) is 6.22. The number of aromatic nitrogens is 2. The van der Waals surface area contributed by atoms with Crippen LogP contribution in [0.4, 0.5) is 0 Å². The lowest BCUT2D eigenvalue weighted by molar-refractivity contribution is 0.673. The standard InChI is InChI=1S/C9H13N3S.ClH/c1-3-8(10-4-1)7-13-9-11-5-2-6-12-9;/h2,5-6,8,10H,1,3-4,7H2;1H. The maximum atomic E-state index is 4.16. The highest BCUT2D eigenvalue weighted by molar-refractivity contribution is 7.99. The van der Waals surface area contributed by atoms with E-state index in [-0.39, 0.29) is 12.4 Å². The van der Waals surface area contributed by atoms with E-state index in [2.05, 4.69) is 15.3 Å². The third-order valence-corrected chi connectivity index (χ3v) is 3.16. The topological polar surface area (TPSA) is 37.8 Å². The lowest BCUT2D eigenvalue weighted by Gasteiger charge is -2.07. The van der Waals surface area contributed by atoms with Crippen LogP contribution in [0.5, 0.6) is 0 Å². The van der Waals surface area contributed by atoms with Crippen LogP contribution >= 0.6 is 24.2 Å². The van der Waals surface area contributed by atoms with E-state index in [9.17, 15) is 0 Å². The van der Waals surface area contributed by atoms with Crippen LogP contribution in [0.15, 0.2) is 23.6 Å². The van der Waals surface area contributed by atoms with Crippen LogP contribution < -0.4 is 5.32 Å². The molecule has 0 spiro atoms. The van der Waals surface area contributed by atoms with Gasteiger partial charge in [-0.3, -0.25) is 0 Å². The van der Waals surface area contributed by atoms with Gasteiger partial charge in [0, 0.05) is 24.2 Å². The van der Waals surface area contributed by atoms with Crippen molar-refractivity contribution in [3.05, 3.63) is 18.5 Å². The van der Waals surface area contributed by atoms with E-state index in [1.807, 2.05) is 6.07 Å². The predicted molar refractivity (Wildman–Crippen MR) is 61.0 cm³/mol. The summed E-state index contributed by atoms with van der Waals surface area (Å²) in [6, 6.07) is 2.51. The first-order valence-electron chi connectivity index (χ1n) is 4.58. The Kier molecular flexibility index (Phi) is 5.22. The van der Waals surface area contributed by atoms with E-state index < -0.39 is 0 Å². The molecule has 2 rings (SSSR count). The molecule has 1 unspecified atom stereocenters. The first kappa shape index (κ1) is 11.8. The van der Waals surface area contributed by atoms with Crippen molar-refractivity contribution in [2.45, 2.75) is 24.0 Å². The van der Waals surface area contributed by atoms with Gasteiger partial charge >= 0.3 is 0 Å².